The Hall–Kier alpha value is -3.66. The van der Waals surface area contributed by atoms with Gasteiger partial charge in [0.05, 0.1) is 7.11 Å². The number of hydrogen-bond acceptors (Lipinski definition) is 4. The zero-order chi connectivity index (χ0) is 21.0. The second-order valence-electron chi connectivity index (χ2n) is 6.75. The number of H-pyrrole nitrogens is 1. The Morgan fingerprint density at radius 1 is 1.24 bits per heavy atom. The van der Waals surface area contributed by atoms with Gasteiger partial charge in [-0.05, 0) is 18.6 Å². The van der Waals surface area contributed by atoms with Crippen LogP contribution >= 0.6 is 0 Å². The number of hydrogen-bond donors (Lipinski definition) is 2. The highest BCUT2D eigenvalue weighted by molar-refractivity contribution is 5.93. The van der Waals surface area contributed by atoms with Crippen molar-refractivity contribution in [2.24, 2.45) is 0 Å². The van der Waals surface area contributed by atoms with Crippen LogP contribution in [0.1, 0.15) is 16.7 Å². The third-order valence-electron chi connectivity index (χ3n) is 4.81. The fourth-order valence-electron chi connectivity index (χ4n) is 3.14. The van der Waals surface area contributed by atoms with E-state index in [1.807, 2.05) is 31.2 Å². The number of nitrogens with zero attached hydrogens (tertiary/aromatic N) is 1. The normalized spacial score (nSPS) is 13.9. The summed E-state index contributed by atoms with van der Waals surface area (Å²) < 4.78 is 20.1. The number of benzene rings is 2. The number of methoxy groups -OCH3 is 1. The molecule has 0 saturated heterocycles. The second kappa shape index (κ2) is 8.15. The fraction of sp³-hybridized carbons (Fsp3) is 0.227. The van der Waals surface area contributed by atoms with Crippen LogP contribution in [0.4, 0.5) is 4.39 Å². The van der Waals surface area contributed by atoms with E-state index in [4.69, 9.17) is 4.74 Å². The highest BCUT2D eigenvalue weighted by Crippen LogP contribution is 2.27. The number of nitrogens with one attached hydrogen (secondary N) is 2. The number of aromatic amines is 1. The van der Waals surface area contributed by atoms with Crippen molar-refractivity contribution in [3.8, 4) is 6.07 Å². The number of carbonyl (C=O) groups excluding carboxylic acids is 2. The van der Waals surface area contributed by atoms with Gasteiger partial charge < -0.3 is 15.0 Å². The van der Waals surface area contributed by atoms with Gasteiger partial charge in [0.15, 0.2) is 0 Å². The number of para-hydroxylation sites is 1. The Morgan fingerprint density at radius 2 is 1.93 bits per heavy atom. The number of aromatic nitrogens is 1. The number of carbonyl (C=O) groups is 2. The summed E-state index contributed by atoms with van der Waals surface area (Å²) in [6.45, 7) is 1.81. The van der Waals surface area contributed by atoms with Crippen molar-refractivity contribution in [3.05, 3.63) is 71.4 Å². The molecule has 0 saturated carbocycles. The highest BCUT2D eigenvalue weighted by Gasteiger charge is 2.43. The van der Waals surface area contributed by atoms with E-state index in [-0.39, 0.29) is 12.0 Å². The van der Waals surface area contributed by atoms with Gasteiger partial charge in [-0.25, -0.2) is 9.18 Å². The van der Waals surface area contributed by atoms with Gasteiger partial charge in [-0.3, -0.25) is 4.79 Å². The van der Waals surface area contributed by atoms with Crippen LogP contribution in [-0.2, 0) is 26.4 Å². The number of amides is 1. The molecule has 0 radical (unpaired) electrons. The topological polar surface area (TPSA) is 95.0 Å². The summed E-state index contributed by atoms with van der Waals surface area (Å²) in [5, 5.41) is 12.6. The summed E-state index contributed by atoms with van der Waals surface area (Å²) in [4.78, 5) is 28.0. The number of nitriles is 1. The van der Waals surface area contributed by atoms with Gasteiger partial charge in [0.25, 0.3) is 11.6 Å². The number of halogens is 1. The predicted octanol–water partition coefficient (Wildman–Crippen LogP) is 3.07. The van der Waals surface area contributed by atoms with Crippen molar-refractivity contribution in [3.63, 3.8) is 0 Å². The molecule has 0 aliphatic carbocycles. The van der Waals surface area contributed by atoms with Crippen LogP contribution in [0.3, 0.4) is 0 Å². The Kier molecular flexibility index (Phi) is 5.64. The zero-order valence-corrected chi connectivity index (χ0v) is 16.0. The molecule has 6 nitrogen and oxygen atoms in total. The number of alkyl halides is 1. The minimum absolute atomic E-state index is 0.0812. The van der Waals surface area contributed by atoms with Gasteiger partial charge in [0.2, 0.25) is 0 Å². The van der Waals surface area contributed by atoms with Crippen molar-refractivity contribution >= 4 is 22.8 Å². The van der Waals surface area contributed by atoms with Crippen molar-refractivity contribution in [2.75, 3.05) is 7.11 Å². The second-order valence-corrected chi connectivity index (χ2v) is 6.75. The summed E-state index contributed by atoms with van der Waals surface area (Å²) >= 11 is 0. The predicted molar refractivity (Wildman–Crippen MR) is 106 cm³/mol. The monoisotopic (exact) mass is 393 g/mol. The standard InChI is InChI=1S/C22H20FN3O3/c1-14-7-9-16(10-8-14)22(23,13-24)21(28)26-19(20(27)29-2)11-15-12-25-18-6-4-3-5-17(15)18/h3-10,12,19,25H,11H2,1-2H3,(H,26,28)/t19-,22?/m0/s1. The molecule has 1 amide bonds. The molecule has 0 spiro atoms. The molecular formula is C22H20FN3O3. The SMILES string of the molecule is COC(=O)[C@H](Cc1c[nH]c2ccccc12)NC(=O)C(F)(C#N)c1ccc(C)cc1. The molecule has 0 fully saturated rings. The molecule has 2 aromatic carbocycles. The Morgan fingerprint density at radius 3 is 2.59 bits per heavy atom. The molecule has 0 aliphatic rings. The quantitative estimate of drug-likeness (QED) is 0.629. The van der Waals surface area contributed by atoms with Crippen molar-refractivity contribution in [2.45, 2.75) is 25.1 Å². The van der Waals surface area contributed by atoms with Crippen molar-refractivity contribution in [1.82, 2.24) is 10.3 Å². The molecule has 3 rings (SSSR count). The summed E-state index contributed by atoms with van der Waals surface area (Å²) in [5.74, 6) is -1.94. The van der Waals surface area contributed by atoms with Crippen LogP contribution in [0.15, 0.2) is 54.7 Å². The lowest BCUT2D eigenvalue weighted by atomic mass is 9.94. The lowest BCUT2D eigenvalue weighted by molar-refractivity contribution is -0.146. The maximum atomic E-state index is 15.3. The molecular weight excluding hydrogens is 373 g/mol. The minimum atomic E-state index is -2.93. The lowest BCUT2D eigenvalue weighted by Gasteiger charge is -2.22. The van der Waals surface area contributed by atoms with Gasteiger partial charge in [-0.2, -0.15) is 5.26 Å². The molecule has 1 heterocycles. The van der Waals surface area contributed by atoms with E-state index in [9.17, 15) is 14.9 Å². The molecule has 29 heavy (non-hydrogen) atoms. The number of rotatable bonds is 6. The van der Waals surface area contributed by atoms with Crippen molar-refractivity contribution < 1.29 is 18.7 Å². The van der Waals surface area contributed by atoms with Gasteiger partial charge in [0.1, 0.15) is 12.1 Å². The van der Waals surface area contributed by atoms with E-state index in [1.54, 1.807) is 18.3 Å². The maximum absolute atomic E-state index is 15.3. The third-order valence-corrected chi connectivity index (χ3v) is 4.81. The Bertz CT molecular complexity index is 1080. The van der Waals surface area contributed by atoms with Crippen LogP contribution in [0, 0.1) is 18.3 Å². The summed E-state index contributed by atoms with van der Waals surface area (Å²) in [5.41, 5.74) is -0.540. The zero-order valence-electron chi connectivity index (χ0n) is 16.0. The number of ether oxygens (including phenoxy) is 1. The largest absolute Gasteiger partial charge is 0.467 e. The van der Waals surface area contributed by atoms with Gasteiger partial charge in [-0.1, -0.05) is 48.0 Å². The minimum Gasteiger partial charge on any atom is -0.467 e. The van der Waals surface area contributed by atoms with Gasteiger partial charge in [-0.15, -0.1) is 0 Å². The van der Waals surface area contributed by atoms with E-state index in [1.165, 1.54) is 25.3 Å². The average molecular weight is 393 g/mol. The Balaban J connectivity index is 1.87. The lowest BCUT2D eigenvalue weighted by Crippen LogP contribution is -2.49. The molecule has 1 aromatic heterocycles. The van der Waals surface area contributed by atoms with Crippen LogP contribution in [0.25, 0.3) is 10.9 Å². The smallest absolute Gasteiger partial charge is 0.328 e. The van der Waals surface area contributed by atoms with Crippen LogP contribution < -0.4 is 5.32 Å². The van der Waals surface area contributed by atoms with Crippen LogP contribution in [0.5, 0.6) is 0 Å². The summed E-state index contributed by atoms with van der Waals surface area (Å²) in [6.07, 6.45) is 1.80. The molecule has 148 valence electrons. The first-order valence-corrected chi connectivity index (χ1v) is 9.00. The first-order chi connectivity index (χ1) is 13.9. The average Bonchev–Trinajstić information content (AvgIpc) is 3.15. The fourth-order valence-corrected chi connectivity index (χ4v) is 3.14. The van der Waals surface area contributed by atoms with Crippen LogP contribution in [0.2, 0.25) is 0 Å². The first-order valence-electron chi connectivity index (χ1n) is 9.00. The molecule has 2 atom stereocenters. The Labute approximate surface area is 167 Å². The van der Waals surface area contributed by atoms with Gasteiger partial charge >= 0.3 is 5.97 Å². The van der Waals surface area contributed by atoms with Crippen LogP contribution in [-0.4, -0.2) is 30.0 Å². The van der Waals surface area contributed by atoms with E-state index in [0.29, 0.717) is 0 Å². The van der Waals surface area contributed by atoms with Crippen molar-refractivity contribution in [1.29, 1.82) is 5.26 Å². The highest BCUT2D eigenvalue weighted by atomic mass is 19.1. The molecule has 0 aliphatic heterocycles. The first kappa shape index (κ1) is 20.1. The molecule has 3 aromatic rings. The number of aryl methyl sites for hydroxylation is 1. The molecule has 2 N–H and O–H groups in total. The molecule has 0 bridgehead atoms. The summed E-state index contributed by atoms with van der Waals surface area (Å²) in [6, 6.07) is 13.7. The number of fused-ring (bicyclic) bond motifs is 1. The molecule has 1 unspecified atom stereocenters. The van der Waals surface area contributed by atoms with E-state index in [2.05, 4.69) is 10.3 Å². The van der Waals surface area contributed by atoms with E-state index in [0.717, 1.165) is 22.0 Å². The molecule has 7 heteroatoms. The van der Waals surface area contributed by atoms with E-state index < -0.39 is 23.6 Å². The third kappa shape index (κ3) is 3.97. The van der Waals surface area contributed by atoms with Gasteiger partial charge in [0, 0.05) is 29.1 Å². The van der Waals surface area contributed by atoms with E-state index >= 15 is 4.39 Å². The summed E-state index contributed by atoms with van der Waals surface area (Å²) in [7, 11) is 1.18. The number of esters is 1. The maximum Gasteiger partial charge on any atom is 0.328 e.